The van der Waals surface area contributed by atoms with Crippen LogP contribution in [0.1, 0.15) is 32.8 Å². The zero-order valence-corrected chi connectivity index (χ0v) is 16.7. The Morgan fingerprint density at radius 2 is 2.19 bits per heavy atom. The van der Waals surface area contributed by atoms with Crippen LogP contribution in [-0.2, 0) is 17.8 Å². The van der Waals surface area contributed by atoms with E-state index in [4.69, 9.17) is 9.72 Å². The molecule has 0 aliphatic carbocycles. The number of para-hydroxylation sites is 1. The molecular weight excluding hydrogens is 362 g/mol. The molecule has 0 bridgehead atoms. The first-order chi connectivity index (χ1) is 12.9. The number of imidazole rings is 1. The Morgan fingerprint density at radius 3 is 2.93 bits per heavy atom. The second-order valence-corrected chi connectivity index (χ2v) is 8.25. The van der Waals surface area contributed by atoms with Crippen LogP contribution in [-0.4, -0.2) is 32.8 Å². The lowest BCUT2D eigenvalue weighted by molar-refractivity contribution is 0.0524. The third-order valence-electron chi connectivity index (χ3n) is 3.75. The van der Waals surface area contributed by atoms with E-state index >= 15 is 0 Å². The molecule has 7 nitrogen and oxygen atoms in total. The number of hydrogen-bond donors (Lipinski definition) is 2. The van der Waals surface area contributed by atoms with Crippen molar-refractivity contribution in [3.05, 3.63) is 42.5 Å². The Balaban J connectivity index is 1.56. The number of benzene rings is 1. The Bertz CT molecular complexity index is 883. The zero-order valence-electron chi connectivity index (χ0n) is 15.9. The van der Waals surface area contributed by atoms with Gasteiger partial charge in [0.2, 0.25) is 0 Å². The van der Waals surface area contributed by atoms with Gasteiger partial charge in [0.15, 0.2) is 5.13 Å². The highest BCUT2D eigenvalue weighted by Crippen LogP contribution is 2.28. The number of thiazole rings is 1. The van der Waals surface area contributed by atoms with E-state index in [0.29, 0.717) is 6.54 Å². The second-order valence-electron chi connectivity index (χ2n) is 7.22. The number of nitrogens with zero attached hydrogens (tertiary/aromatic N) is 3. The average Bonchev–Trinajstić information content (AvgIpc) is 3.24. The maximum absolute atomic E-state index is 11.9. The summed E-state index contributed by atoms with van der Waals surface area (Å²) in [5.74, 6) is 0. The summed E-state index contributed by atoms with van der Waals surface area (Å²) in [5.41, 5.74) is 1.38. The first-order valence-corrected chi connectivity index (χ1v) is 9.77. The summed E-state index contributed by atoms with van der Waals surface area (Å²) in [6, 6.07) is 6.00. The summed E-state index contributed by atoms with van der Waals surface area (Å²) >= 11 is 1.62. The van der Waals surface area contributed by atoms with Crippen molar-refractivity contribution >= 4 is 32.8 Å². The molecule has 2 aromatic heterocycles. The van der Waals surface area contributed by atoms with Crippen LogP contribution in [0.5, 0.6) is 0 Å². The molecule has 3 aromatic rings. The van der Waals surface area contributed by atoms with Crippen molar-refractivity contribution in [2.75, 3.05) is 11.9 Å². The quantitative estimate of drug-likeness (QED) is 0.599. The molecule has 0 spiro atoms. The first-order valence-electron chi connectivity index (χ1n) is 8.95. The van der Waals surface area contributed by atoms with Gasteiger partial charge in [-0.15, -0.1) is 0 Å². The van der Waals surface area contributed by atoms with Gasteiger partial charge in [-0.1, -0.05) is 23.5 Å². The minimum atomic E-state index is -0.509. The molecular formula is C19H25N5O2S. The molecule has 8 heteroatoms. The van der Waals surface area contributed by atoms with Gasteiger partial charge in [-0.3, -0.25) is 0 Å². The molecule has 3 rings (SSSR count). The normalized spacial score (nSPS) is 11.5. The van der Waals surface area contributed by atoms with Crippen LogP contribution in [0.15, 0.2) is 36.9 Å². The van der Waals surface area contributed by atoms with E-state index in [2.05, 4.69) is 20.2 Å². The molecule has 2 heterocycles. The van der Waals surface area contributed by atoms with E-state index in [1.165, 1.54) is 0 Å². The largest absolute Gasteiger partial charge is 0.444 e. The Morgan fingerprint density at radius 1 is 1.33 bits per heavy atom. The minimum absolute atomic E-state index is 0.385. The zero-order chi connectivity index (χ0) is 19.3. The highest BCUT2D eigenvalue weighted by atomic mass is 32.1. The van der Waals surface area contributed by atoms with Crippen LogP contribution < -0.4 is 10.6 Å². The standard InChI is InChI=1S/C19H25N5O2S/c1-19(2,3)26-18(25)22-12-14-6-4-7-15-16(14)23-17(27-15)21-8-5-10-24-11-9-20-13-24/h4,6-7,9,11,13H,5,8,10,12H2,1-3H3,(H,21,23)(H,22,25). The number of nitrogens with one attached hydrogen (secondary N) is 2. The number of carbonyl (C=O) groups is 1. The maximum Gasteiger partial charge on any atom is 0.407 e. The van der Waals surface area contributed by atoms with Gasteiger partial charge in [0.05, 0.1) is 16.5 Å². The van der Waals surface area contributed by atoms with E-state index in [9.17, 15) is 4.79 Å². The highest BCUT2D eigenvalue weighted by Gasteiger charge is 2.16. The Labute approximate surface area is 162 Å². The van der Waals surface area contributed by atoms with E-state index in [-0.39, 0.29) is 0 Å². The lowest BCUT2D eigenvalue weighted by Gasteiger charge is -2.19. The van der Waals surface area contributed by atoms with Gasteiger partial charge in [0.25, 0.3) is 0 Å². The number of anilines is 1. The SMILES string of the molecule is CC(C)(C)OC(=O)NCc1cccc2sc(NCCCn3ccnc3)nc12. The number of ether oxygens (including phenoxy) is 1. The predicted molar refractivity (Wildman–Crippen MR) is 108 cm³/mol. The summed E-state index contributed by atoms with van der Waals surface area (Å²) in [5, 5.41) is 7.07. The summed E-state index contributed by atoms with van der Waals surface area (Å²) in [6.45, 7) is 7.68. The minimum Gasteiger partial charge on any atom is -0.444 e. The summed E-state index contributed by atoms with van der Waals surface area (Å²) < 4.78 is 8.44. The lowest BCUT2D eigenvalue weighted by Crippen LogP contribution is -2.32. The van der Waals surface area contributed by atoms with Crippen LogP contribution in [0.2, 0.25) is 0 Å². The first kappa shape index (κ1) is 19.2. The van der Waals surface area contributed by atoms with Crippen LogP contribution in [0, 0.1) is 0 Å². The smallest absolute Gasteiger partial charge is 0.407 e. The van der Waals surface area contributed by atoms with Gasteiger partial charge < -0.3 is 19.9 Å². The van der Waals surface area contributed by atoms with Crippen molar-refractivity contribution in [3.63, 3.8) is 0 Å². The van der Waals surface area contributed by atoms with Gasteiger partial charge in [-0.2, -0.15) is 0 Å². The molecule has 1 aromatic carbocycles. The van der Waals surface area contributed by atoms with Crippen molar-refractivity contribution in [1.82, 2.24) is 19.9 Å². The van der Waals surface area contributed by atoms with E-state index in [1.807, 2.05) is 51.5 Å². The molecule has 0 atom stereocenters. The summed E-state index contributed by atoms with van der Waals surface area (Å²) in [6.07, 6.45) is 6.13. The fourth-order valence-corrected chi connectivity index (χ4v) is 3.52. The topological polar surface area (TPSA) is 81.1 Å². The molecule has 2 N–H and O–H groups in total. The molecule has 144 valence electrons. The fourth-order valence-electron chi connectivity index (χ4n) is 2.58. The van der Waals surface area contributed by atoms with Gasteiger partial charge in [0, 0.05) is 32.0 Å². The molecule has 0 aliphatic rings. The third kappa shape index (κ3) is 5.68. The monoisotopic (exact) mass is 387 g/mol. The van der Waals surface area contributed by atoms with Crippen molar-refractivity contribution < 1.29 is 9.53 Å². The molecule has 0 saturated heterocycles. The van der Waals surface area contributed by atoms with Crippen LogP contribution in [0.25, 0.3) is 10.2 Å². The van der Waals surface area contributed by atoms with Crippen molar-refractivity contribution in [3.8, 4) is 0 Å². The molecule has 1 amide bonds. The Kier molecular flexibility index (Phi) is 5.95. The second kappa shape index (κ2) is 8.39. The molecule has 27 heavy (non-hydrogen) atoms. The molecule has 0 radical (unpaired) electrons. The molecule has 0 fully saturated rings. The van der Waals surface area contributed by atoms with E-state index in [1.54, 1.807) is 17.5 Å². The van der Waals surface area contributed by atoms with Gasteiger partial charge in [-0.05, 0) is 38.8 Å². The number of hydrogen-bond acceptors (Lipinski definition) is 6. The van der Waals surface area contributed by atoms with Crippen molar-refractivity contribution in [2.45, 2.75) is 45.9 Å². The summed E-state index contributed by atoms with van der Waals surface area (Å²) in [4.78, 5) is 20.6. The average molecular weight is 388 g/mol. The number of alkyl carbamates (subject to hydrolysis) is 1. The van der Waals surface area contributed by atoms with Crippen LogP contribution in [0.4, 0.5) is 9.93 Å². The molecule has 0 saturated carbocycles. The molecule has 0 aliphatic heterocycles. The van der Waals surface area contributed by atoms with Crippen LogP contribution >= 0.6 is 11.3 Å². The number of carbonyl (C=O) groups excluding carboxylic acids is 1. The van der Waals surface area contributed by atoms with Gasteiger partial charge in [0.1, 0.15) is 5.60 Å². The predicted octanol–water partition coefficient (Wildman–Crippen LogP) is 4.02. The summed E-state index contributed by atoms with van der Waals surface area (Å²) in [7, 11) is 0. The fraction of sp³-hybridized carbons (Fsp3) is 0.421. The number of aryl methyl sites for hydroxylation is 1. The highest BCUT2D eigenvalue weighted by molar-refractivity contribution is 7.22. The number of aromatic nitrogens is 3. The van der Waals surface area contributed by atoms with Crippen molar-refractivity contribution in [2.24, 2.45) is 0 Å². The van der Waals surface area contributed by atoms with Crippen LogP contribution in [0.3, 0.4) is 0 Å². The number of amides is 1. The maximum atomic E-state index is 11.9. The van der Waals surface area contributed by atoms with E-state index in [0.717, 1.165) is 40.4 Å². The lowest BCUT2D eigenvalue weighted by atomic mass is 10.2. The van der Waals surface area contributed by atoms with Crippen molar-refractivity contribution in [1.29, 1.82) is 0 Å². The van der Waals surface area contributed by atoms with E-state index < -0.39 is 11.7 Å². The third-order valence-corrected chi connectivity index (χ3v) is 4.73. The van der Waals surface area contributed by atoms with Gasteiger partial charge in [-0.25, -0.2) is 14.8 Å². The number of fused-ring (bicyclic) bond motifs is 1. The van der Waals surface area contributed by atoms with Gasteiger partial charge >= 0.3 is 6.09 Å². The Hall–Kier alpha value is -2.61. The number of rotatable bonds is 7. The molecule has 0 unspecified atom stereocenters.